The largest absolute Gasteiger partial charge is 0.451 e. The van der Waals surface area contributed by atoms with Crippen LogP contribution in [0.4, 0.5) is 0 Å². The van der Waals surface area contributed by atoms with Crippen molar-refractivity contribution in [3.63, 3.8) is 0 Å². The second-order valence-corrected chi connectivity index (χ2v) is 7.76. The third kappa shape index (κ3) is 3.97. The van der Waals surface area contributed by atoms with Gasteiger partial charge in [0.05, 0.1) is 6.42 Å². The molecule has 2 aromatic carbocycles. The number of piperazine rings is 1. The standard InChI is InChI=1S/C25H23N3O3/c29-24(17-19-7-9-21(10-8-19)26-11-3-4-12-26)27-13-15-28(16-14-27)25(30)23-18-20-5-1-2-6-22(20)31-23/h1-12,18H,13-17H2. The maximum Gasteiger partial charge on any atom is 0.289 e. The summed E-state index contributed by atoms with van der Waals surface area (Å²) in [6.45, 7) is 2.08. The molecule has 3 heterocycles. The van der Waals surface area contributed by atoms with Crippen LogP contribution < -0.4 is 0 Å². The molecule has 6 heteroatoms. The lowest BCUT2D eigenvalue weighted by Crippen LogP contribution is -2.50. The predicted molar refractivity (Wildman–Crippen MR) is 118 cm³/mol. The molecule has 0 bridgehead atoms. The number of nitrogens with zero attached hydrogens (tertiary/aromatic N) is 3. The van der Waals surface area contributed by atoms with Crippen molar-refractivity contribution in [2.75, 3.05) is 26.2 Å². The summed E-state index contributed by atoms with van der Waals surface area (Å²) in [6.07, 6.45) is 4.35. The van der Waals surface area contributed by atoms with Gasteiger partial charge in [-0.3, -0.25) is 9.59 Å². The first kappa shape index (κ1) is 19.2. The molecule has 1 saturated heterocycles. The Morgan fingerprint density at radius 2 is 1.48 bits per heavy atom. The lowest BCUT2D eigenvalue weighted by atomic mass is 10.1. The number of aromatic nitrogens is 1. The molecule has 156 valence electrons. The van der Waals surface area contributed by atoms with Gasteiger partial charge in [-0.2, -0.15) is 0 Å². The molecular weight excluding hydrogens is 390 g/mol. The number of benzene rings is 2. The SMILES string of the molecule is O=C(Cc1ccc(-n2cccc2)cc1)N1CCN(C(=O)c2cc3ccccc3o2)CC1. The first-order valence-corrected chi connectivity index (χ1v) is 10.5. The third-order valence-electron chi connectivity index (χ3n) is 5.75. The van der Waals surface area contributed by atoms with E-state index in [1.54, 1.807) is 11.0 Å². The Bertz CT molecular complexity index is 1170. The van der Waals surface area contributed by atoms with Crippen LogP contribution >= 0.6 is 0 Å². The van der Waals surface area contributed by atoms with E-state index < -0.39 is 0 Å². The van der Waals surface area contributed by atoms with E-state index in [-0.39, 0.29) is 11.8 Å². The minimum absolute atomic E-state index is 0.0875. The van der Waals surface area contributed by atoms with Crippen LogP contribution in [0.3, 0.4) is 0 Å². The van der Waals surface area contributed by atoms with Crippen molar-refractivity contribution in [1.82, 2.24) is 14.4 Å². The maximum absolute atomic E-state index is 12.8. The van der Waals surface area contributed by atoms with Crippen molar-refractivity contribution in [1.29, 1.82) is 0 Å². The highest BCUT2D eigenvalue weighted by atomic mass is 16.3. The van der Waals surface area contributed by atoms with E-state index in [1.807, 2.05) is 82.5 Å². The number of carbonyl (C=O) groups is 2. The van der Waals surface area contributed by atoms with Crippen LogP contribution in [0.5, 0.6) is 0 Å². The molecule has 0 unspecified atom stereocenters. The van der Waals surface area contributed by atoms with Crippen molar-refractivity contribution in [2.24, 2.45) is 0 Å². The average Bonchev–Trinajstić information content (AvgIpc) is 3.49. The van der Waals surface area contributed by atoms with Gasteiger partial charge >= 0.3 is 0 Å². The molecule has 0 spiro atoms. The van der Waals surface area contributed by atoms with Crippen molar-refractivity contribution in [3.8, 4) is 5.69 Å². The van der Waals surface area contributed by atoms with E-state index in [1.165, 1.54) is 0 Å². The van der Waals surface area contributed by atoms with E-state index in [4.69, 9.17) is 4.42 Å². The highest BCUT2D eigenvalue weighted by molar-refractivity contribution is 5.96. The quantitative estimate of drug-likeness (QED) is 0.512. The number of hydrogen-bond acceptors (Lipinski definition) is 3. The van der Waals surface area contributed by atoms with E-state index in [0.717, 1.165) is 16.6 Å². The van der Waals surface area contributed by atoms with Crippen molar-refractivity contribution in [3.05, 3.63) is 90.4 Å². The van der Waals surface area contributed by atoms with Gasteiger partial charge in [0, 0.05) is 49.6 Å². The minimum atomic E-state index is -0.121. The fourth-order valence-corrected chi connectivity index (χ4v) is 3.98. The Balaban J connectivity index is 1.17. The summed E-state index contributed by atoms with van der Waals surface area (Å²) in [5, 5.41) is 0.919. The van der Waals surface area contributed by atoms with Crippen LogP contribution in [-0.2, 0) is 11.2 Å². The van der Waals surface area contributed by atoms with Crippen LogP contribution in [0.15, 0.2) is 83.5 Å². The summed E-state index contributed by atoms with van der Waals surface area (Å²) in [5.41, 5.74) is 2.77. The van der Waals surface area contributed by atoms with Gasteiger partial charge in [0.25, 0.3) is 5.91 Å². The highest BCUT2D eigenvalue weighted by Gasteiger charge is 2.26. The molecule has 1 aliphatic heterocycles. The van der Waals surface area contributed by atoms with Crippen LogP contribution in [0.25, 0.3) is 16.7 Å². The zero-order valence-corrected chi connectivity index (χ0v) is 17.1. The summed E-state index contributed by atoms with van der Waals surface area (Å²) in [5.74, 6) is 0.317. The van der Waals surface area contributed by atoms with Gasteiger partial charge < -0.3 is 18.8 Å². The number of furan rings is 1. The molecule has 0 radical (unpaired) electrons. The molecular formula is C25H23N3O3. The lowest BCUT2D eigenvalue weighted by molar-refractivity contribution is -0.131. The van der Waals surface area contributed by atoms with Gasteiger partial charge in [-0.1, -0.05) is 30.3 Å². The number of rotatable bonds is 4. The first-order chi connectivity index (χ1) is 15.2. The Morgan fingerprint density at radius 3 is 2.19 bits per heavy atom. The topological polar surface area (TPSA) is 58.7 Å². The van der Waals surface area contributed by atoms with Crippen molar-refractivity contribution < 1.29 is 14.0 Å². The number of carbonyl (C=O) groups excluding carboxylic acids is 2. The van der Waals surface area contributed by atoms with Gasteiger partial charge in [0.2, 0.25) is 5.91 Å². The van der Waals surface area contributed by atoms with E-state index in [2.05, 4.69) is 0 Å². The molecule has 5 rings (SSSR count). The second kappa shape index (κ2) is 8.14. The molecule has 0 atom stereocenters. The summed E-state index contributed by atoms with van der Waals surface area (Å²) < 4.78 is 7.73. The van der Waals surface area contributed by atoms with Gasteiger partial charge in [0.1, 0.15) is 5.58 Å². The number of hydrogen-bond donors (Lipinski definition) is 0. The Kier molecular flexibility index (Phi) is 5.04. The number of amides is 2. The van der Waals surface area contributed by atoms with E-state index >= 15 is 0 Å². The van der Waals surface area contributed by atoms with Crippen LogP contribution in [0.1, 0.15) is 16.1 Å². The smallest absolute Gasteiger partial charge is 0.289 e. The number of para-hydroxylation sites is 1. The third-order valence-corrected chi connectivity index (χ3v) is 5.75. The fourth-order valence-electron chi connectivity index (χ4n) is 3.98. The lowest BCUT2D eigenvalue weighted by Gasteiger charge is -2.34. The van der Waals surface area contributed by atoms with Crippen molar-refractivity contribution in [2.45, 2.75) is 6.42 Å². The fraction of sp³-hybridized carbons (Fsp3) is 0.200. The summed E-state index contributed by atoms with van der Waals surface area (Å²) in [7, 11) is 0. The molecule has 31 heavy (non-hydrogen) atoms. The molecule has 0 N–H and O–H groups in total. The summed E-state index contributed by atoms with van der Waals surface area (Å²) in [6, 6.07) is 21.4. The first-order valence-electron chi connectivity index (χ1n) is 10.5. The molecule has 0 saturated carbocycles. The zero-order chi connectivity index (χ0) is 21.2. The van der Waals surface area contributed by atoms with Gasteiger partial charge in [-0.05, 0) is 42.0 Å². The van der Waals surface area contributed by atoms with Crippen LogP contribution in [-0.4, -0.2) is 52.4 Å². The normalized spacial score (nSPS) is 14.2. The maximum atomic E-state index is 12.8. The van der Waals surface area contributed by atoms with E-state index in [9.17, 15) is 9.59 Å². The van der Waals surface area contributed by atoms with E-state index in [0.29, 0.717) is 43.9 Å². The molecule has 2 aromatic heterocycles. The number of fused-ring (bicyclic) bond motifs is 1. The highest BCUT2D eigenvalue weighted by Crippen LogP contribution is 2.21. The van der Waals surface area contributed by atoms with Crippen molar-refractivity contribution >= 4 is 22.8 Å². The van der Waals surface area contributed by atoms with Gasteiger partial charge in [-0.15, -0.1) is 0 Å². The van der Waals surface area contributed by atoms with Crippen LogP contribution in [0.2, 0.25) is 0 Å². The Hall–Kier alpha value is -3.80. The molecule has 0 aliphatic carbocycles. The minimum Gasteiger partial charge on any atom is -0.451 e. The summed E-state index contributed by atoms with van der Waals surface area (Å²) >= 11 is 0. The Morgan fingerprint density at radius 1 is 0.806 bits per heavy atom. The Labute approximate surface area is 180 Å². The predicted octanol–water partition coefficient (Wildman–Crippen LogP) is 3.75. The molecule has 4 aromatic rings. The van der Waals surface area contributed by atoms with Gasteiger partial charge in [0.15, 0.2) is 5.76 Å². The average molecular weight is 413 g/mol. The monoisotopic (exact) mass is 413 g/mol. The molecule has 2 amide bonds. The molecule has 1 fully saturated rings. The zero-order valence-electron chi connectivity index (χ0n) is 17.1. The second-order valence-electron chi connectivity index (χ2n) is 7.76. The van der Waals surface area contributed by atoms with Gasteiger partial charge in [-0.25, -0.2) is 0 Å². The summed E-state index contributed by atoms with van der Waals surface area (Å²) in [4.78, 5) is 29.1. The molecule has 6 nitrogen and oxygen atoms in total. The molecule has 1 aliphatic rings. The van der Waals surface area contributed by atoms with Crippen LogP contribution in [0, 0.1) is 0 Å².